The van der Waals surface area contributed by atoms with E-state index in [9.17, 15) is 4.79 Å². The Labute approximate surface area is 157 Å². The highest BCUT2D eigenvalue weighted by Gasteiger charge is 2.25. The van der Waals surface area contributed by atoms with Crippen LogP contribution in [0, 0.1) is 0 Å². The minimum atomic E-state index is 0.0224. The Balaban J connectivity index is 1.98. The van der Waals surface area contributed by atoms with Crippen LogP contribution in [0.15, 0.2) is 35.3 Å². The Hall–Kier alpha value is -2.08. The van der Waals surface area contributed by atoms with E-state index >= 15 is 0 Å². The van der Waals surface area contributed by atoms with Crippen molar-refractivity contribution in [3.05, 3.63) is 35.9 Å². The Kier molecular flexibility index (Phi) is 7.91. The van der Waals surface area contributed by atoms with Gasteiger partial charge in [-0.2, -0.15) is 0 Å². The van der Waals surface area contributed by atoms with Crippen LogP contribution < -0.4 is 5.32 Å². The van der Waals surface area contributed by atoms with Crippen molar-refractivity contribution < 1.29 is 4.79 Å². The Morgan fingerprint density at radius 1 is 1.15 bits per heavy atom. The maximum absolute atomic E-state index is 11.8. The average molecular weight is 360 g/mol. The number of piperazine rings is 1. The zero-order chi connectivity index (χ0) is 18.9. The second-order valence-electron chi connectivity index (χ2n) is 6.82. The number of hydrogen-bond acceptors (Lipinski definition) is 3. The van der Waals surface area contributed by atoms with E-state index in [2.05, 4.69) is 64.3 Å². The number of hydrogen-bond donors (Lipinski definition) is 1. The molecule has 144 valence electrons. The third-order valence-electron chi connectivity index (χ3n) is 4.82. The van der Waals surface area contributed by atoms with Crippen LogP contribution >= 0.6 is 0 Å². The van der Waals surface area contributed by atoms with E-state index in [4.69, 9.17) is 0 Å². The molecule has 1 aliphatic rings. The second kappa shape index (κ2) is 10.2. The lowest BCUT2D eigenvalue weighted by Gasteiger charge is -2.40. The fraction of sp³-hybridized carbons (Fsp3) is 0.600. The molecular formula is C20H33N5O. The van der Waals surface area contributed by atoms with E-state index in [0.717, 1.165) is 45.1 Å². The van der Waals surface area contributed by atoms with Gasteiger partial charge < -0.3 is 15.1 Å². The van der Waals surface area contributed by atoms with Crippen molar-refractivity contribution in [3.63, 3.8) is 0 Å². The zero-order valence-electron chi connectivity index (χ0n) is 16.6. The van der Waals surface area contributed by atoms with Gasteiger partial charge in [0.1, 0.15) is 6.54 Å². The summed E-state index contributed by atoms with van der Waals surface area (Å²) in [5.74, 6) is 0.865. The van der Waals surface area contributed by atoms with Gasteiger partial charge in [-0.1, -0.05) is 37.3 Å². The van der Waals surface area contributed by atoms with Gasteiger partial charge in [0.25, 0.3) is 0 Å². The van der Waals surface area contributed by atoms with E-state index in [1.807, 2.05) is 0 Å². The summed E-state index contributed by atoms with van der Waals surface area (Å²) >= 11 is 0. The maximum atomic E-state index is 11.8. The van der Waals surface area contributed by atoms with Crippen molar-refractivity contribution in [2.24, 2.45) is 4.99 Å². The van der Waals surface area contributed by atoms with Crippen molar-refractivity contribution >= 4 is 11.9 Å². The summed E-state index contributed by atoms with van der Waals surface area (Å²) in [4.78, 5) is 22.8. The summed E-state index contributed by atoms with van der Waals surface area (Å²) in [6.07, 6.45) is 1.11. The maximum Gasteiger partial charge on any atom is 0.243 e. The highest BCUT2D eigenvalue weighted by atomic mass is 16.2. The molecule has 0 saturated carbocycles. The van der Waals surface area contributed by atoms with Crippen molar-refractivity contribution in [2.75, 3.05) is 53.4 Å². The Morgan fingerprint density at radius 2 is 1.81 bits per heavy atom. The average Bonchev–Trinajstić information content (AvgIpc) is 2.67. The molecule has 0 spiro atoms. The van der Waals surface area contributed by atoms with Crippen LogP contribution in [0.25, 0.3) is 0 Å². The van der Waals surface area contributed by atoms with Crippen LogP contribution in [-0.4, -0.2) is 79.9 Å². The Morgan fingerprint density at radius 3 is 2.35 bits per heavy atom. The number of nitrogens with one attached hydrogen (secondary N) is 1. The SMILES string of the molecule is CCNC(=NCC(=O)N(C)C)N1CCN(C(CC)c2ccccc2)CC1. The fourth-order valence-corrected chi connectivity index (χ4v) is 3.34. The number of nitrogens with zero attached hydrogens (tertiary/aromatic N) is 4. The summed E-state index contributed by atoms with van der Waals surface area (Å²) in [7, 11) is 3.52. The predicted molar refractivity (Wildman–Crippen MR) is 107 cm³/mol. The molecule has 6 heteroatoms. The van der Waals surface area contributed by atoms with Crippen LogP contribution in [0.2, 0.25) is 0 Å². The third kappa shape index (κ3) is 5.46. The van der Waals surface area contributed by atoms with E-state index in [-0.39, 0.29) is 12.5 Å². The molecule has 26 heavy (non-hydrogen) atoms. The molecule has 0 radical (unpaired) electrons. The molecule has 1 aromatic rings. The molecule has 0 bridgehead atoms. The van der Waals surface area contributed by atoms with Gasteiger partial charge in [-0.3, -0.25) is 9.69 Å². The number of benzene rings is 1. The van der Waals surface area contributed by atoms with Crippen LogP contribution in [0.5, 0.6) is 0 Å². The van der Waals surface area contributed by atoms with E-state index < -0.39 is 0 Å². The van der Waals surface area contributed by atoms with Gasteiger partial charge in [0.2, 0.25) is 5.91 Å². The van der Waals surface area contributed by atoms with Gasteiger partial charge in [-0.25, -0.2) is 4.99 Å². The first-order valence-electron chi connectivity index (χ1n) is 9.59. The van der Waals surface area contributed by atoms with Crippen LogP contribution in [0.4, 0.5) is 0 Å². The summed E-state index contributed by atoms with van der Waals surface area (Å²) in [5, 5.41) is 3.32. The molecule has 0 aliphatic carbocycles. The smallest absolute Gasteiger partial charge is 0.243 e. The van der Waals surface area contributed by atoms with E-state index in [1.54, 1.807) is 19.0 Å². The first-order chi connectivity index (χ1) is 12.6. The number of amides is 1. The molecule has 1 fully saturated rings. The van der Waals surface area contributed by atoms with E-state index in [0.29, 0.717) is 6.04 Å². The van der Waals surface area contributed by atoms with E-state index in [1.165, 1.54) is 5.56 Å². The lowest BCUT2D eigenvalue weighted by Crippen LogP contribution is -2.53. The quantitative estimate of drug-likeness (QED) is 0.622. The third-order valence-corrected chi connectivity index (χ3v) is 4.82. The fourth-order valence-electron chi connectivity index (χ4n) is 3.34. The van der Waals surface area contributed by atoms with Gasteiger partial charge in [0, 0.05) is 52.9 Å². The normalized spacial score (nSPS) is 17.1. The van der Waals surface area contributed by atoms with Gasteiger partial charge >= 0.3 is 0 Å². The molecule has 2 rings (SSSR count). The molecule has 0 aromatic heterocycles. The minimum Gasteiger partial charge on any atom is -0.357 e. The number of carbonyl (C=O) groups is 1. The molecule has 1 aromatic carbocycles. The molecule has 1 saturated heterocycles. The Bertz CT molecular complexity index is 579. The highest BCUT2D eigenvalue weighted by molar-refractivity contribution is 5.84. The number of aliphatic imine (C=N–C) groups is 1. The first kappa shape index (κ1) is 20.2. The highest BCUT2D eigenvalue weighted by Crippen LogP contribution is 2.25. The lowest BCUT2D eigenvalue weighted by atomic mass is 10.0. The number of rotatable bonds is 6. The van der Waals surface area contributed by atoms with Crippen LogP contribution in [0.1, 0.15) is 31.9 Å². The molecule has 1 amide bonds. The van der Waals surface area contributed by atoms with Gasteiger partial charge in [0.05, 0.1) is 0 Å². The summed E-state index contributed by atoms with van der Waals surface area (Å²) < 4.78 is 0. The largest absolute Gasteiger partial charge is 0.357 e. The standard InChI is InChI=1S/C20H33N5O/c1-5-18(17-10-8-7-9-11-17)24-12-14-25(15-13-24)20(21-6-2)22-16-19(26)23(3)4/h7-11,18H,5-6,12-16H2,1-4H3,(H,21,22). The van der Waals surface area contributed by atoms with Crippen LogP contribution in [0.3, 0.4) is 0 Å². The van der Waals surface area contributed by atoms with Crippen LogP contribution in [-0.2, 0) is 4.79 Å². The van der Waals surface area contributed by atoms with Crippen molar-refractivity contribution in [1.29, 1.82) is 0 Å². The first-order valence-corrected chi connectivity index (χ1v) is 9.59. The zero-order valence-corrected chi connectivity index (χ0v) is 16.6. The monoisotopic (exact) mass is 359 g/mol. The molecule has 1 heterocycles. The second-order valence-corrected chi connectivity index (χ2v) is 6.82. The van der Waals surface area contributed by atoms with Gasteiger partial charge in [0.15, 0.2) is 5.96 Å². The van der Waals surface area contributed by atoms with Crippen molar-refractivity contribution in [2.45, 2.75) is 26.3 Å². The minimum absolute atomic E-state index is 0.0224. The summed E-state index contributed by atoms with van der Waals surface area (Å²) in [6, 6.07) is 11.2. The lowest BCUT2D eigenvalue weighted by molar-refractivity contribution is -0.127. The molecule has 1 atom stereocenters. The topological polar surface area (TPSA) is 51.2 Å². The molecule has 6 nitrogen and oxygen atoms in total. The summed E-state index contributed by atoms with van der Waals surface area (Å²) in [5.41, 5.74) is 1.39. The predicted octanol–water partition coefficient (Wildman–Crippen LogP) is 1.81. The van der Waals surface area contributed by atoms with Crippen molar-refractivity contribution in [3.8, 4) is 0 Å². The summed E-state index contributed by atoms with van der Waals surface area (Å²) in [6.45, 7) is 9.15. The molecule has 1 aliphatic heterocycles. The molecule has 1 N–H and O–H groups in total. The number of carbonyl (C=O) groups excluding carboxylic acids is 1. The van der Waals surface area contributed by atoms with Gasteiger partial charge in [-0.15, -0.1) is 0 Å². The number of guanidine groups is 1. The molecular weight excluding hydrogens is 326 g/mol. The molecule has 1 unspecified atom stereocenters. The van der Waals surface area contributed by atoms with Crippen molar-refractivity contribution in [1.82, 2.24) is 20.0 Å². The number of likely N-dealkylation sites (N-methyl/N-ethyl adjacent to an activating group) is 1. The van der Waals surface area contributed by atoms with Gasteiger partial charge in [-0.05, 0) is 18.9 Å².